The van der Waals surface area contributed by atoms with Crippen LogP contribution in [0.25, 0.3) is 0 Å². The van der Waals surface area contributed by atoms with E-state index in [0.29, 0.717) is 39.9 Å². The lowest BCUT2D eigenvalue weighted by molar-refractivity contribution is -0.260. The van der Waals surface area contributed by atoms with Gasteiger partial charge >= 0.3 is 0 Å². The second kappa shape index (κ2) is 6.64. The predicted octanol–water partition coefficient (Wildman–Crippen LogP) is 7.43. The minimum absolute atomic E-state index is 0.0847. The molecule has 182 valence electrons. The summed E-state index contributed by atoms with van der Waals surface area (Å²) in [5.41, 5.74) is 2.07. The fraction of sp³-hybridized carbons (Fsp3) is 0.967. The Morgan fingerprint density at radius 3 is 2.00 bits per heavy atom. The summed E-state index contributed by atoms with van der Waals surface area (Å²) < 4.78 is 0. The number of carbonyl (C=O) groups excluding carboxylic acids is 1. The summed E-state index contributed by atoms with van der Waals surface area (Å²) in [6.07, 6.45) is 11.9. The molecule has 10 atom stereocenters. The molecule has 0 aromatic carbocycles. The van der Waals surface area contributed by atoms with Crippen molar-refractivity contribution in [3.8, 4) is 0 Å². The van der Waals surface area contributed by atoms with Gasteiger partial charge in [0.25, 0.3) is 0 Å². The van der Waals surface area contributed by atoms with Gasteiger partial charge in [0.05, 0.1) is 0 Å². The molecule has 0 radical (unpaired) electrons. The zero-order valence-electron chi connectivity index (χ0n) is 22.3. The first-order valence-electron chi connectivity index (χ1n) is 13.8. The molecule has 0 amide bonds. The predicted molar refractivity (Wildman–Crippen MR) is 131 cm³/mol. The van der Waals surface area contributed by atoms with Gasteiger partial charge in [0.2, 0.25) is 0 Å². The molecule has 3 unspecified atom stereocenters. The van der Waals surface area contributed by atoms with Crippen LogP contribution in [0.3, 0.4) is 0 Å². The molecule has 2 heteroatoms. The summed E-state index contributed by atoms with van der Waals surface area (Å²) in [4.78, 5) is 12.9. The van der Waals surface area contributed by atoms with E-state index in [4.69, 9.17) is 0 Å². The highest BCUT2D eigenvalue weighted by Crippen LogP contribution is 2.78. The van der Waals surface area contributed by atoms with Gasteiger partial charge < -0.3 is 5.11 Å². The molecule has 5 rings (SSSR count). The average molecular weight is 443 g/mol. The molecule has 5 aliphatic rings. The van der Waals surface area contributed by atoms with Crippen LogP contribution in [-0.4, -0.2) is 17.0 Å². The molecule has 0 saturated heterocycles. The van der Waals surface area contributed by atoms with Crippen molar-refractivity contribution in [1.29, 1.82) is 0 Å². The lowest BCUT2D eigenvalue weighted by Crippen LogP contribution is -2.68. The maximum atomic E-state index is 12.9. The molecule has 0 heterocycles. The van der Waals surface area contributed by atoms with Gasteiger partial charge in [0, 0.05) is 6.42 Å². The number of carbonyl (C=O) groups is 1. The third kappa shape index (κ3) is 2.71. The lowest BCUT2D eigenvalue weighted by Gasteiger charge is -2.75. The fourth-order valence-electron chi connectivity index (χ4n) is 11.1. The molecule has 5 saturated carbocycles. The molecule has 5 aliphatic carbocycles. The zero-order chi connectivity index (χ0) is 23.5. The molecule has 0 aliphatic heterocycles. The number of Topliss-reactive ketones (excluding diaryl/α,β-unsaturated/α-hetero) is 1. The van der Waals surface area contributed by atoms with Gasteiger partial charge in [-0.25, -0.2) is 0 Å². The Balaban J connectivity index is 1.55. The highest BCUT2D eigenvalue weighted by atomic mass is 16.3. The molecule has 0 spiro atoms. The van der Waals surface area contributed by atoms with E-state index in [2.05, 4.69) is 55.4 Å². The molecule has 2 nitrogen and oxygen atoms in total. The lowest BCUT2D eigenvalue weighted by atomic mass is 9.30. The maximum Gasteiger partial charge on any atom is 0.161 e. The van der Waals surface area contributed by atoms with E-state index in [0.717, 1.165) is 5.92 Å². The number of aliphatic hydroxyl groups excluding tert-OH is 1. The Hall–Kier alpha value is -0.370. The Bertz CT molecular complexity index is 816. The molecule has 1 N–H and O–H groups in total. The summed E-state index contributed by atoms with van der Waals surface area (Å²) in [7, 11) is 0. The van der Waals surface area contributed by atoms with Gasteiger partial charge in [-0.2, -0.15) is 0 Å². The summed E-state index contributed by atoms with van der Waals surface area (Å²) in [6.45, 7) is 20.2. The standard InChI is InChI=1S/C30H50O2/c1-19-24(32)20(31)17-22-27(19,5)10-9-21-28(22,6)14-16-30(8)23-18-25(2,3)11-12-26(23,4)13-15-29(21,30)7/h19,21-24,32H,9-18H2,1-8H3/t19-,21?,22?,23?,24-,26+,27+,28+,29+,30-/m0/s1. The Morgan fingerprint density at radius 2 is 1.31 bits per heavy atom. The fourth-order valence-corrected chi connectivity index (χ4v) is 11.1. The van der Waals surface area contributed by atoms with Crippen LogP contribution >= 0.6 is 0 Å². The van der Waals surface area contributed by atoms with Gasteiger partial charge in [-0.15, -0.1) is 0 Å². The number of hydrogen-bond acceptors (Lipinski definition) is 2. The van der Waals surface area contributed by atoms with Crippen molar-refractivity contribution in [2.45, 2.75) is 126 Å². The van der Waals surface area contributed by atoms with Gasteiger partial charge in [0.15, 0.2) is 5.78 Å². The number of hydrogen-bond donors (Lipinski definition) is 1. The molecule has 32 heavy (non-hydrogen) atoms. The second-order valence-corrected chi connectivity index (χ2v) is 15.5. The van der Waals surface area contributed by atoms with Crippen molar-refractivity contribution in [1.82, 2.24) is 0 Å². The van der Waals surface area contributed by atoms with E-state index in [-0.39, 0.29) is 22.5 Å². The summed E-state index contributed by atoms with van der Waals surface area (Å²) in [6, 6.07) is 0. The largest absolute Gasteiger partial charge is 0.385 e. The zero-order valence-corrected chi connectivity index (χ0v) is 22.3. The molecular formula is C30H50O2. The SMILES string of the molecule is C[C@H]1[C@H](O)C(=O)CC2[C@]3(C)CC[C@@]4(C)C5CC(C)(C)CC[C@]5(C)CC[C@]4(C)C3CC[C@@]21C. The summed E-state index contributed by atoms with van der Waals surface area (Å²) >= 11 is 0. The van der Waals surface area contributed by atoms with E-state index >= 15 is 0 Å². The highest BCUT2D eigenvalue weighted by Gasteiger charge is 2.71. The minimum Gasteiger partial charge on any atom is -0.385 e. The van der Waals surface area contributed by atoms with Crippen LogP contribution in [-0.2, 0) is 4.79 Å². The molecule has 0 aromatic heterocycles. The Kier molecular flexibility index (Phi) is 4.85. The smallest absolute Gasteiger partial charge is 0.161 e. The minimum atomic E-state index is -0.749. The second-order valence-electron chi connectivity index (χ2n) is 15.5. The average Bonchev–Trinajstić information content (AvgIpc) is 2.72. The van der Waals surface area contributed by atoms with Crippen LogP contribution in [0.15, 0.2) is 0 Å². The van der Waals surface area contributed by atoms with Crippen LogP contribution in [0.1, 0.15) is 120 Å². The van der Waals surface area contributed by atoms with Crippen molar-refractivity contribution >= 4 is 5.78 Å². The normalized spacial score (nSPS) is 59.4. The highest BCUT2D eigenvalue weighted by molar-refractivity contribution is 5.84. The third-order valence-corrected chi connectivity index (χ3v) is 13.8. The van der Waals surface area contributed by atoms with Gasteiger partial charge in [-0.05, 0) is 114 Å². The number of fused-ring (bicyclic) bond motifs is 7. The van der Waals surface area contributed by atoms with Gasteiger partial charge in [-0.3, -0.25) is 4.79 Å². The topological polar surface area (TPSA) is 37.3 Å². The quantitative estimate of drug-likeness (QED) is 0.423. The van der Waals surface area contributed by atoms with Crippen molar-refractivity contribution in [2.75, 3.05) is 0 Å². The van der Waals surface area contributed by atoms with Crippen LogP contribution in [0, 0.1) is 56.2 Å². The Morgan fingerprint density at radius 1 is 0.719 bits per heavy atom. The van der Waals surface area contributed by atoms with E-state index in [1.54, 1.807) is 0 Å². The van der Waals surface area contributed by atoms with Crippen molar-refractivity contribution < 1.29 is 9.90 Å². The van der Waals surface area contributed by atoms with Crippen LogP contribution in [0.5, 0.6) is 0 Å². The summed E-state index contributed by atoms with van der Waals surface area (Å²) in [5, 5.41) is 10.7. The van der Waals surface area contributed by atoms with E-state index in [1.807, 2.05) is 0 Å². The number of aliphatic hydroxyl groups is 1. The van der Waals surface area contributed by atoms with Gasteiger partial charge in [0.1, 0.15) is 6.10 Å². The number of rotatable bonds is 0. The van der Waals surface area contributed by atoms with Gasteiger partial charge in [-0.1, -0.05) is 55.4 Å². The Labute approximate surface area is 197 Å². The first-order chi connectivity index (χ1) is 14.6. The third-order valence-electron chi connectivity index (χ3n) is 13.8. The summed E-state index contributed by atoms with van der Waals surface area (Å²) in [5.74, 6) is 2.16. The monoisotopic (exact) mass is 442 g/mol. The van der Waals surface area contributed by atoms with E-state index in [9.17, 15) is 9.90 Å². The first kappa shape index (κ1) is 23.4. The van der Waals surface area contributed by atoms with Crippen molar-refractivity contribution in [3.63, 3.8) is 0 Å². The van der Waals surface area contributed by atoms with Crippen molar-refractivity contribution in [3.05, 3.63) is 0 Å². The van der Waals surface area contributed by atoms with Crippen LogP contribution < -0.4 is 0 Å². The maximum absolute atomic E-state index is 12.9. The first-order valence-corrected chi connectivity index (χ1v) is 13.8. The van der Waals surface area contributed by atoms with Crippen LogP contribution in [0.4, 0.5) is 0 Å². The molecule has 0 aromatic rings. The van der Waals surface area contributed by atoms with E-state index < -0.39 is 6.10 Å². The molecular weight excluding hydrogens is 392 g/mol. The molecule has 0 bridgehead atoms. The van der Waals surface area contributed by atoms with Crippen LogP contribution in [0.2, 0.25) is 0 Å². The van der Waals surface area contributed by atoms with Crippen molar-refractivity contribution in [2.24, 2.45) is 56.2 Å². The number of ketones is 1. The van der Waals surface area contributed by atoms with E-state index in [1.165, 1.54) is 57.8 Å². The molecule has 5 fully saturated rings.